The van der Waals surface area contributed by atoms with Crippen molar-refractivity contribution < 1.29 is 28.6 Å². The van der Waals surface area contributed by atoms with E-state index in [2.05, 4.69) is 0 Å². The van der Waals surface area contributed by atoms with Crippen molar-refractivity contribution >= 4 is 23.3 Å². The van der Waals surface area contributed by atoms with Crippen molar-refractivity contribution in [2.45, 2.75) is 27.2 Å². The van der Waals surface area contributed by atoms with E-state index in [1.807, 2.05) is 0 Å². The molecule has 6 heteroatoms. The standard InChI is InChI=1S/C19H22O6/c1-5-24-18(21)16(19(22)25-6-2)10-14-11(3)17(20)15-9-12(23-4)7-8-13(14)15/h7-9,16H,5-6,10H2,1-4H3. The summed E-state index contributed by atoms with van der Waals surface area (Å²) in [6, 6.07) is 5.18. The van der Waals surface area contributed by atoms with E-state index in [0.29, 0.717) is 28.0 Å². The Balaban J connectivity index is 2.37. The molecule has 0 atom stereocenters. The molecule has 0 fully saturated rings. The summed E-state index contributed by atoms with van der Waals surface area (Å²) in [7, 11) is 1.53. The average Bonchev–Trinajstić information content (AvgIpc) is 2.83. The molecule has 0 N–H and O–H groups in total. The number of ether oxygens (including phenoxy) is 3. The molecule has 0 unspecified atom stereocenters. The number of rotatable bonds is 7. The van der Waals surface area contributed by atoms with E-state index in [-0.39, 0.29) is 25.4 Å². The lowest BCUT2D eigenvalue weighted by molar-refractivity contribution is -0.161. The van der Waals surface area contributed by atoms with Crippen molar-refractivity contribution in [3.8, 4) is 5.75 Å². The second kappa shape index (κ2) is 7.96. The molecule has 0 radical (unpaired) electrons. The molecule has 134 valence electrons. The number of hydrogen-bond acceptors (Lipinski definition) is 6. The summed E-state index contributed by atoms with van der Waals surface area (Å²) in [6.45, 7) is 5.37. The summed E-state index contributed by atoms with van der Waals surface area (Å²) < 4.78 is 15.2. The van der Waals surface area contributed by atoms with Crippen LogP contribution < -0.4 is 4.74 Å². The number of benzene rings is 1. The summed E-state index contributed by atoms with van der Waals surface area (Å²) in [5.41, 5.74) is 2.40. The van der Waals surface area contributed by atoms with E-state index in [1.54, 1.807) is 39.0 Å². The van der Waals surface area contributed by atoms with Crippen LogP contribution in [0.25, 0.3) is 5.57 Å². The lowest BCUT2D eigenvalue weighted by Crippen LogP contribution is -2.28. The van der Waals surface area contributed by atoms with Gasteiger partial charge < -0.3 is 14.2 Å². The Kier molecular flexibility index (Phi) is 5.96. The predicted octanol–water partition coefficient (Wildman–Crippen LogP) is 2.80. The number of hydrogen-bond donors (Lipinski definition) is 0. The van der Waals surface area contributed by atoms with E-state index in [0.717, 1.165) is 0 Å². The van der Waals surface area contributed by atoms with Crippen LogP contribution in [0.15, 0.2) is 23.8 Å². The zero-order valence-electron chi connectivity index (χ0n) is 14.9. The average molecular weight is 346 g/mol. The smallest absolute Gasteiger partial charge is 0.320 e. The van der Waals surface area contributed by atoms with Gasteiger partial charge in [-0.25, -0.2) is 0 Å². The first-order valence-corrected chi connectivity index (χ1v) is 8.20. The lowest BCUT2D eigenvalue weighted by Gasteiger charge is -2.16. The molecular weight excluding hydrogens is 324 g/mol. The predicted molar refractivity (Wildman–Crippen MR) is 91.3 cm³/mol. The Morgan fingerprint density at radius 1 is 1.04 bits per heavy atom. The van der Waals surface area contributed by atoms with Crippen molar-refractivity contribution in [2.24, 2.45) is 5.92 Å². The maximum absolute atomic E-state index is 12.5. The summed E-state index contributed by atoms with van der Waals surface area (Å²) in [4.78, 5) is 36.9. The highest BCUT2D eigenvalue weighted by Crippen LogP contribution is 2.38. The number of fused-ring (bicyclic) bond motifs is 1. The van der Waals surface area contributed by atoms with Gasteiger partial charge in [-0.15, -0.1) is 0 Å². The molecule has 1 aliphatic rings. The molecule has 0 spiro atoms. The molecule has 1 aromatic rings. The third-order valence-corrected chi connectivity index (χ3v) is 4.14. The molecule has 0 amide bonds. The van der Waals surface area contributed by atoms with Gasteiger partial charge in [-0.2, -0.15) is 0 Å². The summed E-state index contributed by atoms with van der Waals surface area (Å²) in [5, 5.41) is 0. The first-order valence-electron chi connectivity index (χ1n) is 8.20. The first-order chi connectivity index (χ1) is 11.9. The third kappa shape index (κ3) is 3.73. The number of ketones is 1. The Labute approximate surface area is 146 Å². The summed E-state index contributed by atoms with van der Waals surface area (Å²) >= 11 is 0. The molecule has 0 saturated carbocycles. The number of methoxy groups -OCH3 is 1. The molecule has 25 heavy (non-hydrogen) atoms. The maximum atomic E-state index is 12.5. The second-order valence-electron chi connectivity index (χ2n) is 5.60. The van der Waals surface area contributed by atoms with Gasteiger partial charge >= 0.3 is 11.9 Å². The molecule has 0 saturated heterocycles. The Bertz CT molecular complexity index is 713. The summed E-state index contributed by atoms with van der Waals surface area (Å²) in [5.74, 6) is -1.93. The van der Waals surface area contributed by atoms with E-state index in [9.17, 15) is 14.4 Å². The maximum Gasteiger partial charge on any atom is 0.320 e. The largest absolute Gasteiger partial charge is 0.497 e. The van der Waals surface area contributed by atoms with Crippen LogP contribution in [0.3, 0.4) is 0 Å². The van der Waals surface area contributed by atoms with Crippen molar-refractivity contribution in [1.82, 2.24) is 0 Å². The van der Waals surface area contributed by atoms with Crippen LogP contribution in [-0.2, 0) is 19.1 Å². The van der Waals surface area contributed by atoms with Gasteiger partial charge in [0.25, 0.3) is 0 Å². The quantitative estimate of drug-likeness (QED) is 0.558. The number of allylic oxidation sites excluding steroid dienone is 2. The highest BCUT2D eigenvalue weighted by molar-refractivity contribution is 6.21. The third-order valence-electron chi connectivity index (χ3n) is 4.14. The van der Waals surface area contributed by atoms with Gasteiger partial charge in [0, 0.05) is 11.1 Å². The number of carbonyl (C=O) groups excluding carboxylic acids is 3. The van der Waals surface area contributed by atoms with Gasteiger partial charge in [-0.1, -0.05) is 6.07 Å². The van der Waals surface area contributed by atoms with Crippen LogP contribution in [-0.4, -0.2) is 38.0 Å². The molecule has 1 aliphatic carbocycles. The van der Waals surface area contributed by atoms with Gasteiger partial charge in [-0.3, -0.25) is 14.4 Å². The van der Waals surface area contributed by atoms with Crippen molar-refractivity contribution in [1.29, 1.82) is 0 Å². The monoisotopic (exact) mass is 346 g/mol. The highest BCUT2D eigenvalue weighted by atomic mass is 16.6. The zero-order chi connectivity index (χ0) is 18.6. The SMILES string of the molecule is CCOC(=O)C(CC1=C(C)C(=O)c2cc(OC)ccc21)C(=O)OCC. The van der Waals surface area contributed by atoms with Crippen LogP contribution in [0.4, 0.5) is 0 Å². The first kappa shape index (κ1) is 18.7. The number of carbonyl (C=O) groups is 3. The normalized spacial score (nSPS) is 13.1. The Morgan fingerprint density at radius 2 is 1.64 bits per heavy atom. The molecule has 2 rings (SSSR count). The van der Waals surface area contributed by atoms with Gasteiger partial charge in [0.05, 0.1) is 20.3 Å². The molecule has 0 heterocycles. The van der Waals surface area contributed by atoms with Crippen molar-refractivity contribution in [2.75, 3.05) is 20.3 Å². The Hall–Kier alpha value is -2.63. The van der Waals surface area contributed by atoms with E-state index in [4.69, 9.17) is 14.2 Å². The zero-order valence-corrected chi connectivity index (χ0v) is 14.9. The lowest BCUT2D eigenvalue weighted by atomic mass is 9.94. The van der Waals surface area contributed by atoms with Crippen LogP contribution in [0.5, 0.6) is 5.75 Å². The molecule has 0 aromatic heterocycles. The fourth-order valence-electron chi connectivity index (χ4n) is 2.86. The number of esters is 2. The number of Topliss-reactive ketones (excluding diaryl/α,β-unsaturated/α-hetero) is 1. The van der Waals surface area contributed by atoms with Crippen LogP contribution >= 0.6 is 0 Å². The molecule has 1 aromatic carbocycles. The molecule has 6 nitrogen and oxygen atoms in total. The van der Waals surface area contributed by atoms with Crippen molar-refractivity contribution in [3.05, 3.63) is 34.9 Å². The fraction of sp³-hybridized carbons (Fsp3) is 0.421. The molecule has 0 aliphatic heterocycles. The molecular formula is C19H22O6. The van der Waals surface area contributed by atoms with Gasteiger partial charge in [0.2, 0.25) is 0 Å². The van der Waals surface area contributed by atoms with E-state index in [1.165, 1.54) is 7.11 Å². The Morgan fingerprint density at radius 3 is 2.16 bits per heavy atom. The summed E-state index contributed by atoms with van der Waals surface area (Å²) in [6.07, 6.45) is 0.0641. The highest BCUT2D eigenvalue weighted by Gasteiger charge is 2.35. The second-order valence-corrected chi connectivity index (χ2v) is 5.60. The van der Waals surface area contributed by atoms with Gasteiger partial charge in [-0.05, 0) is 50.5 Å². The fourth-order valence-corrected chi connectivity index (χ4v) is 2.86. The van der Waals surface area contributed by atoms with E-state index < -0.39 is 17.9 Å². The van der Waals surface area contributed by atoms with Crippen LogP contribution in [0.1, 0.15) is 43.1 Å². The topological polar surface area (TPSA) is 78.9 Å². The minimum Gasteiger partial charge on any atom is -0.497 e. The van der Waals surface area contributed by atoms with E-state index >= 15 is 0 Å². The van der Waals surface area contributed by atoms with Crippen LogP contribution in [0, 0.1) is 5.92 Å². The minimum atomic E-state index is -1.09. The van der Waals surface area contributed by atoms with Gasteiger partial charge in [0.15, 0.2) is 11.7 Å². The molecule has 0 bridgehead atoms. The van der Waals surface area contributed by atoms with Crippen LogP contribution in [0.2, 0.25) is 0 Å². The van der Waals surface area contributed by atoms with Gasteiger partial charge in [0.1, 0.15) is 5.75 Å². The minimum absolute atomic E-state index is 0.0641. The van der Waals surface area contributed by atoms with Crippen molar-refractivity contribution in [3.63, 3.8) is 0 Å².